The molecule has 18 heavy (non-hydrogen) atoms. The molecule has 0 aromatic rings. The first kappa shape index (κ1) is 15.5. The molecule has 0 bridgehead atoms. The number of hydrogen-bond acceptors (Lipinski definition) is 2. The standard InChI is InChI=1S/C15H30N2O/c1-12(2)11-17(13-8-6-7-9-13)14(18)10-16-15(3,4)5/h12-13,16H,6-11H2,1-5H3. The summed E-state index contributed by atoms with van der Waals surface area (Å²) in [5.41, 5.74) is 0.00877. The maximum atomic E-state index is 12.4. The Morgan fingerprint density at radius 1 is 1.28 bits per heavy atom. The number of carbonyl (C=O) groups is 1. The molecule has 3 heteroatoms. The van der Waals surface area contributed by atoms with Crippen molar-refractivity contribution in [3.63, 3.8) is 0 Å². The molecule has 0 heterocycles. The molecule has 106 valence electrons. The van der Waals surface area contributed by atoms with Crippen LogP contribution in [0, 0.1) is 5.92 Å². The summed E-state index contributed by atoms with van der Waals surface area (Å²) >= 11 is 0. The third kappa shape index (κ3) is 5.38. The van der Waals surface area contributed by atoms with E-state index in [2.05, 4.69) is 44.8 Å². The summed E-state index contributed by atoms with van der Waals surface area (Å²) in [6.45, 7) is 12.0. The third-order valence-electron chi connectivity index (χ3n) is 3.42. The van der Waals surface area contributed by atoms with Gasteiger partial charge in [-0.05, 0) is 39.5 Å². The molecule has 0 aliphatic heterocycles. The largest absolute Gasteiger partial charge is 0.338 e. The van der Waals surface area contributed by atoms with Crippen LogP contribution in [0.15, 0.2) is 0 Å². The molecule has 0 spiro atoms. The lowest BCUT2D eigenvalue weighted by Gasteiger charge is -2.32. The highest BCUT2D eigenvalue weighted by atomic mass is 16.2. The topological polar surface area (TPSA) is 32.3 Å². The van der Waals surface area contributed by atoms with Crippen LogP contribution in [0.25, 0.3) is 0 Å². The van der Waals surface area contributed by atoms with Crippen molar-refractivity contribution < 1.29 is 4.79 Å². The van der Waals surface area contributed by atoms with Gasteiger partial charge in [-0.3, -0.25) is 4.79 Å². The van der Waals surface area contributed by atoms with Crippen LogP contribution < -0.4 is 5.32 Å². The van der Waals surface area contributed by atoms with Crippen LogP contribution in [-0.2, 0) is 4.79 Å². The van der Waals surface area contributed by atoms with Gasteiger partial charge >= 0.3 is 0 Å². The Morgan fingerprint density at radius 3 is 2.28 bits per heavy atom. The molecule has 0 atom stereocenters. The van der Waals surface area contributed by atoms with E-state index >= 15 is 0 Å². The molecular weight excluding hydrogens is 224 g/mol. The molecule has 1 N–H and O–H groups in total. The lowest BCUT2D eigenvalue weighted by molar-refractivity contribution is -0.133. The van der Waals surface area contributed by atoms with Crippen LogP contribution >= 0.6 is 0 Å². The fourth-order valence-electron chi connectivity index (χ4n) is 2.51. The normalized spacial score (nSPS) is 17.4. The summed E-state index contributed by atoms with van der Waals surface area (Å²) in [7, 11) is 0. The van der Waals surface area contributed by atoms with Gasteiger partial charge in [-0.25, -0.2) is 0 Å². The van der Waals surface area contributed by atoms with Gasteiger partial charge in [0, 0.05) is 18.1 Å². The van der Waals surface area contributed by atoms with Crippen molar-refractivity contribution in [2.24, 2.45) is 5.92 Å². The lowest BCUT2D eigenvalue weighted by atomic mass is 10.1. The molecule has 1 aliphatic rings. The van der Waals surface area contributed by atoms with E-state index in [4.69, 9.17) is 0 Å². The van der Waals surface area contributed by atoms with Gasteiger partial charge in [0.15, 0.2) is 0 Å². The quantitative estimate of drug-likeness (QED) is 0.818. The average molecular weight is 254 g/mol. The van der Waals surface area contributed by atoms with E-state index in [-0.39, 0.29) is 11.4 Å². The summed E-state index contributed by atoms with van der Waals surface area (Å²) in [5, 5.41) is 3.31. The fraction of sp³-hybridized carbons (Fsp3) is 0.933. The number of amides is 1. The number of rotatable bonds is 5. The van der Waals surface area contributed by atoms with Gasteiger partial charge in [-0.1, -0.05) is 26.7 Å². The molecule has 0 unspecified atom stereocenters. The third-order valence-corrected chi connectivity index (χ3v) is 3.42. The minimum Gasteiger partial charge on any atom is -0.338 e. The van der Waals surface area contributed by atoms with Crippen LogP contribution in [0.4, 0.5) is 0 Å². The van der Waals surface area contributed by atoms with Gasteiger partial charge in [0.05, 0.1) is 6.54 Å². The van der Waals surface area contributed by atoms with E-state index < -0.39 is 0 Å². The van der Waals surface area contributed by atoms with Crippen LogP contribution in [0.5, 0.6) is 0 Å². The zero-order valence-corrected chi connectivity index (χ0v) is 12.8. The van der Waals surface area contributed by atoms with E-state index in [1.165, 1.54) is 25.7 Å². The van der Waals surface area contributed by atoms with Crippen LogP contribution in [0.3, 0.4) is 0 Å². The SMILES string of the molecule is CC(C)CN(C(=O)CNC(C)(C)C)C1CCCC1. The first-order valence-electron chi connectivity index (χ1n) is 7.34. The minimum absolute atomic E-state index is 0.00877. The Balaban J connectivity index is 2.55. The summed E-state index contributed by atoms with van der Waals surface area (Å²) in [4.78, 5) is 14.5. The summed E-state index contributed by atoms with van der Waals surface area (Å²) in [6.07, 6.45) is 4.93. The van der Waals surface area contributed by atoms with Gasteiger partial charge < -0.3 is 10.2 Å². The Morgan fingerprint density at radius 2 is 1.83 bits per heavy atom. The first-order chi connectivity index (χ1) is 8.29. The van der Waals surface area contributed by atoms with Crippen molar-refractivity contribution in [3.8, 4) is 0 Å². The van der Waals surface area contributed by atoms with Crippen molar-refractivity contribution in [1.29, 1.82) is 0 Å². The maximum absolute atomic E-state index is 12.4. The van der Waals surface area contributed by atoms with Crippen LogP contribution in [0.1, 0.15) is 60.3 Å². The van der Waals surface area contributed by atoms with Crippen molar-refractivity contribution in [1.82, 2.24) is 10.2 Å². The number of carbonyl (C=O) groups excluding carboxylic acids is 1. The summed E-state index contributed by atoms with van der Waals surface area (Å²) in [6, 6.07) is 0.488. The predicted molar refractivity (Wildman–Crippen MR) is 76.6 cm³/mol. The average Bonchev–Trinajstić information content (AvgIpc) is 2.74. The molecule has 1 fully saturated rings. The molecule has 3 nitrogen and oxygen atoms in total. The van der Waals surface area contributed by atoms with Crippen LogP contribution in [0.2, 0.25) is 0 Å². The molecule has 1 saturated carbocycles. The second-order valence-corrected chi connectivity index (χ2v) is 6.98. The summed E-state index contributed by atoms with van der Waals surface area (Å²) in [5.74, 6) is 0.815. The molecule has 1 rings (SSSR count). The highest BCUT2D eigenvalue weighted by Crippen LogP contribution is 2.24. The Bertz CT molecular complexity index is 262. The van der Waals surface area contributed by atoms with Crippen molar-refractivity contribution in [3.05, 3.63) is 0 Å². The van der Waals surface area contributed by atoms with E-state index in [9.17, 15) is 4.79 Å². The molecular formula is C15H30N2O. The molecule has 0 aromatic heterocycles. The van der Waals surface area contributed by atoms with Crippen molar-refractivity contribution in [2.45, 2.75) is 71.9 Å². The maximum Gasteiger partial charge on any atom is 0.236 e. The minimum atomic E-state index is 0.00877. The van der Waals surface area contributed by atoms with Crippen molar-refractivity contribution >= 4 is 5.91 Å². The van der Waals surface area contributed by atoms with E-state index in [0.29, 0.717) is 18.5 Å². The monoisotopic (exact) mass is 254 g/mol. The Labute approximate surface area is 112 Å². The highest BCUT2D eigenvalue weighted by Gasteiger charge is 2.27. The molecule has 1 aliphatic carbocycles. The number of nitrogens with zero attached hydrogens (tertiary/aromatic N) is 1. The second-order valence-electron chi connectivity index (χ2n) is 6.98. The molecule has 0 radical (unpaired) electrons. The second kappa shape index (κ2) is 6.55. The molecule has 1 amide bonds. The van der Waals surface area contributed by atoms with Crippen molar-refractivity contribution in [2.75, 3.05) is 13.1 Å². The van der Waals surface area contributed by atoms with Gasteiger partial charge in [0.1, 0.15) is 0 Å². The fourth-order valence-corrected chi connectivity index (χ4v) is 2.51. The lowest BCUT2D eigenvalue weighted by Crippen LogP contribution is -2.48. The van der Waals surface area contributed by atoms with E-state index in [1.807, 2.05) is 0 Å². The first-order valence-corrected chi connectivity index (χ1v) is 7.34. The number of hydrogen-bond donors (Lipinski definition) is 1. The predicted octanol–water partition coefficient (Wildman–Crippen LogP) is 2.80. The smallest absolute Gasteiger partial charge is 0.236 e. The molecule has 0 saturated heterocycles. The van der Waals surface area contributed by atoms with E-state index in [1.54, 1.807) is 0 Å². The van der Waals surface area contributed by atoms with Gasteiger partial charge in [-0.2, -0.15) is 0 Å². The Hall–Kier alpha value is -0.570. The zero-order chi connectivity index (χ0) is 13.8. The Kier molecular flexibility index (Phi) is 5.64. The highest BCUT2D eigenvalue weighted by molar-refractivity contribution is 5.78. The van der Waals surface area contributed by atoms with E-state index in [0.717, 1.165) is 6.54 Å². The van der Waals surface area contributed by atoms with Gasteiger partial charge in [0.25, 0.3) is 0 Å². The van der Waals surface area contributed by atoms with Gasteiger partial charge in [0.2, 0.25) is 5.91 Å². The molecule has 0 aromatic carbocycles. The number of nitrogens with one attached hydrogen (secondary N) is 1. The van der Waals surface area contributed by atoms with Gasteiger partial charge in [-0.15, -0.1) is 0 Å². The zero-order valence-electron chi connectivity index (χ0n) is 12.8. The summed E-state index contributed by atoms with van der Waals surface area (Å²) < 4.78 is 0. The van der Waals surface area contributed by atoms with Crippen LogP contribution in [-0.4, -0.2) is 35.5 Å².